The van der Waals surface area contributed by atoms with Crippen molar-refractivity contribution >= 4 is 32.9 Å². The molecule has 2 N–H and O–H groups in total. The van der Waals surface area contributed by atoms with E-state index in [1.165, 1.54) is 7.11 Å². The van der Waals surface area contributed by atoms with Crippen LogP contribution in [-0.4, -0.2) is 34.0 Å². The van der Waals surface area contributed by atoms with Crippen LogP contribution >= 0.6 is 15.9 Å². The van der Waals surface area contributed by atoms with E-state index in [9.17, 15) is 5.21 Å². The molecule has 3 rings (SSSR count). The molecule has 3 aromatic heterocycles. The van der Waals surface area contributed by atoms with E-state index in [-0.39, 0.29) is 18.4 Å². The Morgan fingerprint density at radius 2 is 1.96 bits per heavy atom. The monoisotopic (exact) mass is 408 g/mol. The molecule has 0 aliphatic rings. The second kappa shape index (κ2) is 6.36. The van der Waals surface area contributed by atoms with Gasteiger partial charge < -0.3 is 20.4 Å². The van der Waals surface area contributed by atoms with E-state index in [1.54, 1.807) is 24.9 Å². The number of nitrogen functional groups attached to an aromatic ring is 1. The Hall–Kier alpha value is -2.62. The van der Waals surface area contributed by atoms with Gasteiger partial charge in [-0.2, -0.15) is 10.1 Å². The van der Waals surface area contributed by atoms with Gasteiger partial charge >= 0.3 is 5.88 Å². The Morgan fingerprint density at radius 1 is 1.24 bits per heavy atom. The molecule has 132 valence electrons. The minimum atomic E-state index is 0.118. The predicted molar refractivity (Wildman–Crippen MR) is 94.5 cm³/mol. The van der Waals surface area contributed by atoms with Gasteiger partial charge in [0.05, 0.1) is 31.4 Å². The molecule has 0 amide bonds. The lowest BCUT2D eigenvalue weighted by atomic mass is 10.1. The first-order valence-electron chi connectivity index (χ1n) is 7.37. The lowest BCUT2D eigenvalue weighted by molar-refractivity contribution is -0.621. The van der Waals surface area contributed by atoms with E-state index < -0.39 is 0 Å². The number of aromatic nitrogens is 5. The largest absolute Gasteiger partial charge is 0.616 e. The third-order valence-electron chi connectivity index (χ3n) is 4.03. The summed E-state index contributed by atoms with van der Waals surface area (Å²) in [6, 6.07) is 0. The molecule has 0 unspecified atom stereocenters. The van der Waals surface area contributed by atoms with Crippen LogP contribution in [0.5, 0.6) is 11.6 Å². The summed E-state index contributed by atoms with van der Waals surface area (Å²) in [5.74, 6) is 0.905. The number of fused-ring (bicyclic) bond motifs is 1. The van der Waals surface area contributed by atoms with Gasteiger partial charge in [-0.1, -0.05) is 0 Å². The predicted octanol–water partition coefficient (Wildman–Crippen LogP) is 1.49. The van der Waals surface area contributed by atoms with Crippen molar-refractivity contribution in [1.29, 1.82) is 0 Å². The molecule has 25 heavy (non-hydrogen) atoms. The van der Waals surface area contributed by atoms with Crippen LogP contribution in [-0.2, 0) is 6.54 Å². The van der Waals surface area contributed by atoms with Gasteiger partial charge in [0, 0.05) is 0 Å². The smallest absolute Gasteiger partial charge is 0.386 e. The normalized spacial score (nSPS) is 11.1. The fourth-order valence-electron chi connectivity index (χ4n) is 2.86. The molecular weight excluding hydrogens is 392 g/mol. The summed E-state index contributed by atoms with van der Waals surface area (Å²) in [7, 11) is 3.01. The van der Waals surface area contributed by atoms with Gasteiger partial charge in [0.25, 0.3) is 0 Å². The van der Waals surface area contributed by atoms with Crippen molar-refractivity contribution in [1.82, 2.24) is 19.7 Å². The average Bonchev–Trinajstić information content (AvgIpc) is 2.95. The van der Waals surface area contributed by atoms with Crippen LogP contribution < -0.4 is 19.9 Å². The number of ether oxygens (including phenoxy) is 2. The van der Waals surface area contributed by atoms with E-state index >= 15 is 0 Å². The lowest BCUT2D eigenvalue weighted by Gasteiger charge is -2.16. The van der Waals surface area contributed by atoms with Crippen LogP contribution in [0.1, 0.15) is 16.8 Å². The number of rotatable bonds is 4. The molecule has 3 aromatic rings. The van der Waals surface area contributed by atoms with Gasteiger partial charge in [-0.3, -0.25) is 0 Å². The zero-order chi connectivity index (χ0) is 18.3. The van der Waals surface area contributed by atoms with Gasteiger partial charge in [0.15, 0.2) is 5.65 Å². The zero-order valence-corrected chi connectivity index (χ0v) is 15.8. The van der Waals surface area contributed by atoms with E-state index in [2.05, 4.69) is 31.0 Å². The van der Waals surface area contributed by atoms with Crippen LogP contribution in [0.4, 0.5) is 5.95 Å². The van der Waals surface area contributed by atoms with Gasteiger partial charge in [0.2, 0.25) is 11.6 Å². The number of nitrogens with two attached hydrogens (primary N) is 1. The fourth-order valence-corrected chi connectivity index (χ4v) is 3.32. The number of anilines is 1. The second-order valence-electron chi connectivity index (χ2n) is 5.45. The maximum Gasteiger partial charge on any atom is 0.386 e. The number of halogens is 1. The molecule has 0 fully saturated rings. The van der Waals surface area contributed by atoms with Gasteiger partial charge in [-0.15, -0.1) is 4.73 Å². The average molecular weight is 409 g/mol. The Labute approximate surface area is 152 Å². The third-order valence-corrected chi connectivity index (χ3v) is 4.63. The number of methoxy groups -OCH3 is 2. The molecule has 0 aromatic carbocycles. The highest BCUT2D eigenvalue weighted by Crippen LogP contribution is 2.30. The summed E-state index contributed by atoms with van der Waals surface area (Å²) < 4.78 is 13.6. The first-order chi connectivity index (χ1) is 11.9. The zero-order valence-electron chi connectivity index (χ0n) is 14.2. The molecule has 0 atom stereocenters. The molecule has 0 saturated heterocycles. The van der Waals surface area contributed by atoms with Crippen molar-refractivity contribution in [2.75, 3.05) is 20.0 Å². The van der Waals surface area contributed by atoms with Crippen LogP contribution in [0.25, 0.3) is 11.0 Å². The minimum absolute atomic E-state index is 0.118. The van der Waals surface area contributed by atoms with Gasteiger partial charge in [0.1, 0.15) is 22.5 Å². The molecule has 0 saturated carbocycles. The maximum absolute atomic E-state index is 12.7. The van der Waals surface area contributed by atoms with Crippen molar-refractivity contribution in [2.24, 2.45) is 0 Å². The van der Waals surface area contributed by atoms with E-state index in [0.717, 1.165) is 4.73 Å². The summed E-state index contributed by atoms with van der Waals surface area (Å²) in [5, 5.41) is 17.7. The molecule has 3 heterocycles. The lowest BCUT2D eigenvalue weighted by Crippen LogP contribution is -2.37. The molecular formula is C15H17BrN6O3. The number of hydrogen-bond acceptors (Lipinski definition) is 7. The summed E-state index contributed by atoms with van der Waals surface area (Å²) >= 11 is 3.34. The van der Waals surface area contributed by atoms with Crippen LogP contribution in [0.15, 0.2) is 10.8 Å². The van der Waals surface area contributed by atoms with E-state index in [0.29, 0.717) is 38.2 Å². The first kappa shape index (κ1) is 17.2. The van der Waals surface area contributed by atoms with Crippen LogP contribution in [0, 0.1) is 19.1 Å². The molecule has 0 aliphatic carbocycles. The highest BCUT2D eigenvalue weighted by atomic mass is 79.9. The first-order valence-corrected chi connectivity index (χ1v) is 8.16. The number of nitrogens with zero attached hydrogens (tertiary/aromatic N) is 5. The van der Waals surface area contributed by atoms with Crippen LogP contribution in [0.2, 0.25) is 0 Å². The highest BCUT2D eigenvalue weighted by Gasteiger charge is 2.26. The Kier molecular flexibility index (Phi) is 4.38. The van der Waals surface area contributed by atoms with E-state index in [4.69, 9.17) is 15.2 Å². The topological polar surface area (TPSA) is 115 Å². The van der Waals surface area contributed by atoms with Gasteiger partial charge in [-0.25, -0.2) is 9.67 Å². The molecule has 9 nitrogen and oxygen atoms in total. The fraction of sp³-hybridized carbons (Fsp3) is 0.333. The van der Waals surface area contributed by atoms with Crippen molar-refractivity contribution in [3.8, 4) is 11.6 Å². The molecule has 0 bridgehead atoms. The molecule has 0 aliphatic heterocycles. The second-order valence-corrected chi connectivity index (χ2v) is 6.20. The minimum Gasteiger partial charge on any atom is -0.616 e. The SMILES string of the molecule is COc1c(C)c(Cn2ncc3c(Br)nc(N)nc32)[n+]([O-])c(OC)c1C. The van der Waals surface area contributed by atoms with Crippen molar-refractivity contribution in [3.05, 3.63) is 32.8 Å². The summed E-state index contributed by atoms with van der Waals surface area (Å²) in [5.41, 5.74) is 8.03. The highest BCUT2D eigenvalue weighted by molar-refractivity contribution is 9.10. The summed E-state index contributed by atoms with van der Waals surface area (Å²) in [4.78, 5) is 8.26. The molecule has 10 heteroatoms. The summed E-state index contributed by atoms with van der Waals surface area (Å²) in [6.45, 7) is 3.77. The Balaban J connectivity index is 2.19. The van der Waals surface area contributed by atoms with Crippen LogP contribution in [0.3, 0.4) is 0 Å². The number of hydrogen-bond donors (Lipinski definition) is 1. The quantitative estimate of drug-likeness (QED) is 0.394. The molecule has 0 spiro atoms. The third kappa shape index (κ3) is 2.72. The molecule has 0 radical (unpaired) electrons. The maximum atomic E-state index is 12.7. The van der Waals surface area contributed by atoms with Gasteiger partial charge in [-0.05, 0) is 29.8 Å². The number of pyridine rings is 1. The van der Waals surface area contributed by atoms with Crippen molar-refractivity contribution in [2.45, 2.75) is 20.4 Å². The van der Waals surface area contributed by atoms with Crippen molar-refractivity contribution in [3.63, 3.8) is 0 Å². The standard InChI is InChI=1S/C15H17BrN6O3/c1-7-10(22(23)14(25-4)8(2)11(7)24-3)6-21-13-9(5-18-21)12(16)19-15(17)20-13/h5H,6H2,1-4H3,(H2,17,19,20). The van der Waals surface area contributed by atoms with Crippen molar-refractivity contribution < 1.29 is 14.2 Å². The Bertz CT molecular complexity index is 941. The Morgan fingerprint density at radius 3 is 2.60 bits per heavy atom. The van der Waals surface area contributed by atoms with E-state index in [1.807, 2.05) is 6.92 Å². The summed E-state index contributed by atoms with van der Waals surface area (Å²) in [6.07, 6.45) is 1.62.